The number of rotatable bonds is 7. The summed E-state index contributed by atoms with van der Waals surface area (Å²) < 4.78 is 0. The zero-order valence-electron chi connectivity index (χ0n) is 17.0. The fraction of sp³-hybridized carbons (Fsp3) is 0.762. The van der Waals surface area contributed by atoms with Crippen molar-refractivity contribution < 1.29 is 9.59 Å². The number of nitrogens with one attached hydrogen (secondary N) is 2. The van der Waals surface area contributed by atoms with Gasteiger partial charge in [-0.3, -0.25) is 4.79 Å². The highest BCUT2D eigenvalue weighted by Crippen LogP contribution is 2.55. The third kappa shape index (κ3) is 4.34. The molecule has 3 amide bonds. The van der Waals surface area contributed by atoms with Crippen LogP contribution in [0.15, 0.2) is 6.20 Å². The highest BCUT2D eigenvalue weighted by atomic mass is 32.1. The van der Waals surface area contributed by atoms with Crippen LogP contribution in [-0.4, -0.2) is 40.5 Å². The van der Waals surface area contributed by atoms with Crippen molar-refractivity contribution in [2.75, 3.05) is 18.4 Å². The minimum Gasteiger partial charge on any atom is -0.333 e. The van der Waals surface area contributed by atoms with Gasteiger partial charge in [-0.25, -0.2) is 9.78 Å². The lowest BCUT2D eigenvalue weighted by Gasteiger charge is -2.57. The number of aryl methyl sites for hydroxylation is 1. The Morgan fingerprint density at radius 3 is 2.39 bits per heavy atom. The minimum absolute atomic E-state index is 0.0286. The van der Waals surface area contributed by atoms with Crippen LogP contribution in [0.25, 0.3) is 0 Å². The quantitative estimate of drug-likeness (QED) is 0.716. The van der Waals surface area contributed by atoms with Crippen molar-refractivity contribution >= 4 is 28.4 Å². The Labute approximate surface area is 171 Å². The van der Waals surface area contributed by atoms with Gasteiger partial charge in [0, 0.05) is 23.2 Å². The van der Waals surface area contributed by atoms with Gasteiger partial charge in [-0.15, -0.1) is 11.3 Å². The largest absolute Gasteiger partial charge is 0.333 e. The maximum Gasteiger partial charge on any atom is 0.318 e. The van der Waals surface area contributed by atoms with Crippen molar-refractivity contribution in [1.82, 2.24) is 15.2 Å². The molecule has 1 aromatic rings. The minimum atomic E-state index is -0.175. The van der Waals surface area contributed by atoms with Crippen molar-refractivity contribution in [2.45, 2.75) is 70.8 Å². The molecule has 7 heteroatoms. The second kappa shape index (κ2) is 8.01. The van der Waals surface area contributed by atoms with Crippen LogP contribution in [0.3, 0.4) is 0 Å². The summed E-state index contributed by atoms with van der Waals surface area (Å²) in [5.74, 6) is 2.18. The van der Waals surface area contributed by atoms with Gasteiger partial charge in [0.2, 0.25) is 5.91 Å². The molecular weight excluding hydrogens is 372 g/mol. The van der Waals surface area contributed by atoms with Gasteiger partial charge >= 0.3 is 6.03 Å². The second-order valence-corrected chi connectivity index (χ2v) is 10.5. The van der Waals surface area contributed by atoms with Crippen LogP contribution >= 0.6 is 11.3 Å². The summed E-state index contributed by atoms with van der Waals surface area (Å²) in [4.78, 5) is 32.6. The first-order chi connectivity index (χ1) is 13.4. The average Bonchev–Trinajstić information content (AvgIpc) is 3.01. The number of hydrogen-bond donors (Lipinski definition) is 2. The number of unbranched alkanes of at least 4 members (excludes halogenated alkanes) is 1. The Bertz CT molecular complexity index is 696. The molecule has 4 aliphatic carbocycles. The van der Waals surface area contributed by atoms with Crippen LogP contribution in [0, 0.1) is 24.7 Å². The van der Waals surface area contributed by atoms with E-state index in [1.165, 1.54) is 30.6 Å². The van der Waals surface area contributed by atoms with Gasteiger partial charge in [0.1, 0.15) is 6.54 Å². The molecular formula is C21H32N4O2S. The van der Waals surface area contributed by atoms with E-state index in [0.29, 0.717) is 11.7 Å². The molecule has 2 N–H and O–H groups in total. The maximum atomic E-state index is 13.1. The Balaban J connectivity index is 1.39. The van der Waals surface area contributed by atoms with E-state index in [0.717, 1.165) is 54.7 Å². The number of carbonyl (C=O) groups excluding carboxylic acids is 2. The predicted molar refractivity (Wildman–Crippen MR) is 111 cm³/mol. The molecule has 0 spiro atoms. The molecule has 5 rings (SSSR count). The maximum absolute atomic E-state index is 13.1. The molecule has 1 aromatic heterocycles. The Hall–Kier alpha value is -1.63. The van der Waals surface area contributed by atoms with Crippen molar-refractivity contribution in [3.63, 3.8) is 0 Å². The third-order valence-corrected chi connectivity index (χ3v) is 7.51. The topological polar surface area (TPSA) is 74.3 Å². The summed E-state index contributed by atoms with van der Waals surface area (Å²) in [6, 6.07) is -0.0686. The van der Waals surface area contributed by atoms with Crippen LogP contribution < -0.4 is 10.6 Å². The van der Waals surface area contributed by atoms with E-state index >= 15 is 0 Å². The van der Waals surface area contributed by atoms with Crippen LogP contribution in [0.4, 0.5) is 9.93 Å². The molecule has 0 aromatic carbocycles. The molecule has 4 saturated carbocycles. The Morgan fingerprint density at radius 2 is 1.86 bits per heavy atom. The second-order valence-electron chi connectivity index (χ2n) is 9.23. The van der Waals surface area contributed by atoms with E-state index in [1.807, 2.05) is 6.92 Å². The molecule has 4 aliphatic rings. The molecule has 154 valence electrons. The van der Waals surface area contributed by atoms with E-state index in [2.05, 4.69) is 22.5 Å². The lowest BCUT2D eigenvalue weighted by atomic mass is 9.53. The van der Waals surface area contributed by atoms with E-state index in [-0.39, 0.29) is 24.0 Å². The molecule has 4 bridgehead atoms. The standard InChI is InChI=1S/C21H32N4O2S/c1-3-4-5-25(13-18(26)23-19-22-12-14(2)28-19)20(27)24-21-9-15-6-16(10-21)8-17(7-15)11-21/h12,15-17H,3-11,13H2,1-2H3,(H,24,27)(H,22,23,26). The number of hydrogen-bond acceptors (Lipinski definition) is 4. The molecule has 1 heterocycles. The van der Waals surface area contributed by atoms with Crippen LogP contribution in [-0.2, 0) is 4.79 Å². The van der Waals surface area contributed by atoms with Gasteiger partial charge in [-0.05, 0) is 69.6 Å². The van der Waals surface area contributed by atoms with E-state index in [4.69, 9.17) is 0 Å². The fourth-order valence-corrected chi connectivity index (χ4v) is 6.60. The molecule has 28 heavy (non-hydrogen) atoms. The van der Waals surface area contributed by atoms with Gasteiger partial charge < -0.3 is 15.5 Å². The zero-order valence-corrected chi connectivity index (χ0v) is 17.8. The molecule has 6 nitrogen and oxygen atoms in total. The lowest BCUT2D eigenvalue weighted by molar-refractivity contribution is -0.116. The van der Waals surface area contributed by atoms with Crippen molar-refractivity contribution in [3.05, 3.63) is 11.1 Å². The monoisotopic (exact) mass is 404 g/mol. The van der Waals surface area contributed by atoms with Gasteiger partial charge in [0.25, 0.3) is 0 Å². The van der Waals surface area contributed by atoms with Crippen molar-refractivity contribution in [2.24, 2.45) is 17.8 Å². The fourth-order valence-electron chi connectivity index (χ4n) is 5.92. The van der Waals surface area contributed by atoms with Crippen molar-refractivity contribution in [3.8, 4) is 0 Å². The van der Waals surface area contributed by atoms with E-state index in [1.54, 1.807) is 11.1 Å². The van der Waals surface area contributed by atoms with Crippen LogP contribution in [0.2, 0.25) is 0 Å². The first-order valence-electron chi connectivity index (χ1n) is 10.7. The SMILES string of the molecule is CCCCN(CC(=O)Nc1ncc(C)s1)C(=O)NC12CC3CC(CC(C3)C1)C2. The third-order valence-electron chi connectivity index (χ3n) is 6.68. The van der Waals surface area contributed by atoms with Gasteiger partial charge in [0.15, 0.2) is 5.13 Å². The summed E-state index contributed by atoms with van der Waals surface area (Å²) in [7, 11) is 0. The number of amides is 3. The lowest BCUT2D eigenvalue weighted by Crippen LogP contribution is -2.62. The molecule has 0 unspecified atom stereocenters. The highest BCUT2D eigenvalue weighted by Gasteiger charge is 2.51. The molecule has 0 saturated heterocycles. The first-order valence-corrected chi connectivity index (χ1v) is 11.6. The number of nitrogens with zero attached hydrogens (tertiary/aromatic N) is 2. The van der Waals surface area contributed by atoms with Gasteiger partial charge in [-0.2, -0.15) is 0 Å². The van der Waals surface area contributed by atoms with Crippen LogP contribution in [0.5, 0.6) is 0 Å². The zero-order chi connectivity index (χ0) is 19.7. The summed E-state index contributed by atoms with van der Waals surface area (Å²) >= 11 is 1.45. The summed E-state index contributed by atoms with van der Waals surface area (Å²) in [6.45, 7) is 4.75. The van der Waals surface area contributed by atoms with Gasteiger partial charge in [-0.1, -0.05) is 13.3 Å². The van der Waals surface area contributed by atoms with E-state index in [9.17, 15) is 9.59 Å². The number of carbonyl (C=O) groups is 2. The Kier molecular flexibility index (Phi) is 5.63. The van der Waals surface area contributed by atoms with Crippen molar-refractivity contribution in [1.29, 1.82) is 0 Å². The van der Waals surface area contributed by atoms with Gasteiger partial charge in [0.05, 0.1) is 0 Å². The molecule has 0 aliphatic heterocycles. The predicted octanol–water partition coefficient (Wildman–Crippen LogP) is 4.17. The molecule has 4 fully saturated rings. The van der Waals surface area contributed by atoms with E-state index < -0.39 is 0 Å². The number of anilines is 1. The highest BCUT2D eigenvalue weighted by molar-refractivity contribution is 7.15. The summed E-state index contributed by atoms with van der Waals surface area (Å²) in [5.41, 5.74) is -0.0286. The number of aromatic nitrogens is 1. The molecule has 0 atom stereocenters. The Morgan fingerprint density at radius 1 is 1.21 bits per heavy atom. The summed E-state index contributed by atoms with van der Waals surface area (Å²) in [6.07, 6.45) is 11.1. The average molecular weight is 405 g/mol. The number of urea groups is 1. The first kappa shape index (κ1) is 19.7. The smallest absolute Gasteiger partial charge is 0.318 e. The normalized spacial score (nSPS) is 30.3. The summed E-state index contributed by atoms with van der Waals surface area (Å²) in [5, 5.41) is 6.83. The number of thiazole rings is 1. The molecule has 0 radical (unpaired) electrons. The van der Waals surface area contributed by atoms with Crippen LogP contribution in [0.1, 0.15) is 63.2 Å².